The van der Waals surface area contributed by atoms with Crippen molar-refractivity contribution in [3.8, 4) is 5.75 Å². The lowest BCUT2D eigenvalue weighted by Crippen LogP contribution is -3.00. The van der Waals surface area contributed by atoms with Crippen LogP contribution in [0.1, 0.15) is 72.1 Å². The van der Waals surface area contributed by atoms with Crippen LogP contribution in [0.15, 0.2) is 30.3 Å². The maximum absolute atomic E-state index is 5.73. The standard InChI is InChI=1S/C22H40NO.BrH/c1-4-23(5-2,6-3)20-16-11-9-7-8-10-12-17-21-24-22-18-14-13-15-19-22;/h13-15,18-19H,4-12,16-17,20-21H2,1-3H3;1H/q+1;/p-1. The molecule has 0 fully saturated rings. The first kappa shape index (κ1) is 24.5. The number of para-hydroxylation sites is 1. The van der Waals surface area contributed by atoms with Gasteiger partial charge in [-0.3, -0.25) is 0 Å². The van der Waals surface area contributed by atoms with Gasteiger partial charge in [-0.2, -0.15) is 0 Å². The number of rotatable bonds is 15. The summed E-state index contributed by atoms with van der Waals surface area (Å²) >= 11 is 0. The molecular formula is C22H40BrNO. The van der Waals surface area contributed by atoms with E-state index >= 15 is 0 Å². The van der Waals surface area contributed by atoms with E-state index in [1.54, 1.807) is 0 Å². The molecule has 0 amide bonds. The van der Waals surface area contributed by atoms with Crippen molar-refractivity contribution in [2.24, 2.45) is 0 Å². The van der Waals surface area contributed by atoms with Gasteiger partial charge in [0.1, 0.15) is 5.75 Å². The van der Waals surface area contributed by atoms with Gasteiger partial charge in [-0.25, -0.2) is 0 Å². The lowest BCUT2D eigenvalue weighted by atomic mass is 10.1. The van der Waals surface area contributed by atoms with Gasteiger partial charge in [-0.1, -0.05) is 50.3 Å². The van der Waals surface area contributed by atoms with E-state index in [-0.39, 0.29) is 17.0 Å². The summed E-state index contributed by atoms with van der Waals surface area (Å²) in [6.07, 6.45) is 10.9. The van der Waals surface area contributed by atoms with Crippen LogP contribution < -0.4 is 21.7 Å². The van der Waals surface area contributed by atoms with Crippen molar-refractivity contribution in [2.75, 3.05) is 32.8 Å². The van der Waals surface area contributed by atoms with Crippen molar-refractivity contribution in [2.45, 2.75) is 72.1 Å². The topological polar surface area (TPSA) is 9.23 Å². The SMILES string of the molecule is CC[N+](CC)(CC)CCCCCCCCCCOc1ccccc1.[Br-]. The Morgan fingerprint density at radius 3 is 1.68 bits per heavy atom. The summed E-state index contributed by atoms with van der Waals surface area (Å²) in [7, 11) is 0. The van der Waals surface area contributed by atoms with Crippen LogP contribution in [-0.4, -0.2) is 37.3 Å². The lowest BCUT2D eigenvalue weighted by molar-refractivity contribution is -0.923. The Labute approximate surface area is 167 Å². The van der Waals surface area contributed by atoms with E-state index in [1.807, 2.05) is 30.3 Å². The molecular weight excluding hydrogens is 374 g/mol. The van der Waals surface area contributed by atoms with Crippen LogP contribution in [0.4, 0.5) is 0 Å². The van der Waals surface area contributed by atoms with E-state index in [9.17, 15) is 0 Å². The summed E-state index contributed by atoms with van der Waals surface area (Å²) in [5, 5.41) is 0. The molecule has 146 valence electrons. The third-order valence-corrected chi connectivity index (χ3v) is 5.55. The van der Waals surface area contributed by atoms with Gasteiger partial charge in [0, 0.05) is 0 Å². The minimum Gasteiger partial charge on any atom is -1.00 e. The molecule has 0 saturated carbocycles. The van der Waals surface area contributed by atoms with Crippen molar-refractivity contribution in [1.82, 2.24) is 0 Å². The summed E-state index contributed by atoms with van der Waals surface area (Å²) in [6.45, 7) is 13.1. The van der Waals surface area contributed by atoms with E-state index in [2.05, 4.69) is 20.8 Å². The number of ether oxygens (including phenoxy) is 1. The molecule has 0 aliphatic rings. The van der Waals surface area contributed by atoms with Gasteiger partial charge in [0.25, 0.3) is 0 Å². The van der Waals surface area contributed by atoms with Crippen LogP contribution in [0.2, 0.25) is 0 Å². The zero-order chi connectivity index (χ0) is 17.5. The molecule has 1 rings (SSSR count). The fourth-order valence-corrected chi connectivity index (χ4v) is 3.46. The molecule has 0 atom stereocenters. The van der Waals surface area contributed by atoms with Crippen LogP contribution in [0, 0.1) is 0 Å². The van der Waals surface area contributed by atoms with Crippen LogP contribution in [-0.2, 0) is 0 Å². The predicted octanol–water partition coefficient (Wildman–Crippen LogP) is 3.07. The zero-order valence-corrected chi connectivity index (χ0v) is 18.4. The average Bonchev–Trinajstić information content (AvgIpc) is 2.64. The van der Waals surface area contributed by atoms with Gasteiger partial charge in [0.05, 0.1) is 32.8 Å². The summed E-state index contributed by atoms with van der Waals surface area (Å²) in [5.74, 6) is 0.998. The minimum absolute atomic E-state index is 0. The van der Waals surface area contributed by atoms with Gasteiger partial charge in [0.15, 0.2) is 0 Å². The van der Waals surface area contributed by atoms with E-state index in [0.29, 0.717) is 0 Å². The van der Waals surface area contributed by atoms with E-state index < -0.39 is 0 Å². The summed E-state index contributed by atoms with van der Waals surface area (Å²) in [6, 6.07) is 10.1. The molecule has 0 bridgehead atoms. The average molecular weight is 414 g/mol. The normalized spacial score (nSPS) is 11.2. The Hall–Kier alpha value is -0.540. The quantitative estimate of drug-likeness (QED) is 0.317. The second-order valence-corrected chi connectivity index (χ2v) is 7.00. The Kier molecular flexibility index (Phi) is 15.4. The third kappa shape index (κ3) is 10.9. The summed E-state index contributed by atoms with van der Waals surface area (Å²) in [5.41, 5.74) is 0. The molecule has 0 unspecified atom stereocenters. The lowest BCUT2D eigenvalue weighted by Gasteiger charge is -2.35. The van der Waals surface area contributed by atoms with Crippen LogP contribution in [0.5, 0.6) is 5.75 Å². The smallest absolute Gasteiger partial charge is 0.119 e. The minimum atomic E-state index is 0. The van der Waals surface area contributed by atoms with Gasteiger partial charge < -0.3 is 26.2 Å². The molecule has 2 nitrogen and oxygen atoms in total. The number of halogens is 1. The van der Waals surface area contributed by atoms with Crippen molar-refractivity contribution >= 4 is 0 Å². The van der Waals surface area contributed by atoms with Crippen molar-refractivity contribution in [3.63, 3.8) is 0 Å². The van der Waals surface area contributed by atoms with Crippen molar-refractivity contribution < 1.29 is 26.2 Å². The second-order valence-electron chi connectivity index (χ2n) is 7.00. The molecule has 0 saturated heterocycles. The third-order valence-electron chi connectivity index (χ3n) is 5.55. The monoisotopic (exact) mass is 413 g/mol. The molecule has 0 aliphatic heterocycles. The Morgan fingerprint density at radius 2 is 1.16 bits per heavy atom. The van der Waals surface area contributed by atoms with Crippen LogP contribution >= 0.6 is 0 Å². The maximum Gasteiger partial charge on any atom is 0.119 e. The number of unbranched alkanes of at least 4 members (excludes halogenated alkanes) is 7. The van der Waals surface area contributed by atoms with Crippen molar-refractivity contribution in [1.29, 1.82) is 0 Å². The summed E-state index contributed by atoms with van der Waals surface area (Å²) in [4.78, 5) is 0. The van der Waals surface area contributed by atoms with Gasteiger partial charge in [-0.15, -0.1) is 0 Å². The fourth-order valence-electron chi connectivity index (χ4n) is 3.46. The highest BCUT2D eigenvalue weighted by Gasteiger charge is 2.19. The second kappa shape index (κ2) is 15.7. The first-order valence-electron chi connectivity index (χ1n) is 10.3. The van der Waals surface area contributed by atoms with Crippen LogP contribution in [0.3, 0.4) is 0 Å². The van der Waals surface area contributed by atoms with Crippen LogP contribution in [0.25, 0.3) is 0 Å². The largest absolute Gasteiger partial charge is 1.00 e. The molecule has 1 aromatic rings. The molecule has 0 spiro atoms. The number of hydrogen-bond acceptors (Lipinski definition) is 1. The molecule has 0 radical (unpaired) electrons. The molecule has 0 aliphatic carbocycles. The fraction of sp³-hybridized carbons (Fsp3) is 0.727. The first-order chi connectivity index (χ1) is 11.8. The number of quaternary nitrogens is 1. The zero-order valence-electron chi connectivity index (χ0n) is 16.8. The molecule has 1 aromatic carbocycles. The van der Waals surface area contributed by atoms with E-state index in [0.717, 1.165) is 12.4 Å². The number of hydrogen-bond donors (Lipinski definition) is 0. The Balaban J connectivity index is 0.00000576. The number of benzene rings is 1. The summed E-state index contributed by atoms with van der Waals surface area (Å²) < 4.78 is 7.03. The Morgan fingerprint density at radius 1 is 0.680 bits per heavy atom. The van der Waals surface area contributed by atoms with E-state index in [1.165, 1.54) is 82.0 Å². The van der Waals surface area contributed by atoms with Crippen molar-refractivity contribution in [3.05, 3.63) is 30.3 Å². The van der Waals surface area contributed by atoms with Gasteiger partial charge >= 0.3 is 0 Å². The molecule has 3 heteroatoms. The highest BCUT2D eigenvalue weighted by molar-refractivity contribution is 5.20. The molecule has 25 heavy (non-hydrogen) atoms. The maximum atomic E-state index is 5.73. The molecule has 0 heterocycles. The van der Waals surface area contributed by atoms with Gasteiger partial charge in [-0.05, 0) is 52.2 Å². The predicted molar refractivity (Wildman–Crippen MR) is 106 cm³/mol. The Bertz CT molecular complexity index is 384. The van der Waals surface area contributed by atoms with E-state index in [4.69, 9.17) is 4.74 Å². The number of nitrogens with zero attached hydrogens (tertiary/aromatic N) is 1. The molecule has 0 aromatic heterocycles. The highest BCUT2D eigenvalue weighted by Crippen LogP contribution is 2.13. The first-order valence-corrected chi connectivity index (χ1v) is 10.3. The molecule has 0 N–H and O–H groups in total. The highest BCUT2D eigenvalue weighted by atomic mass is 79.9. The van der Waals surface area contributed by atoms with Gasteiger partial charge in [0.2, 0.25) is 0 Å².